The van der Waals surface area contributed by atoms with E-state index in [0.717, 1.165) is 0 Å². The second-order valence-corrected chi connectivity index (χ2v) is 3.46. The van der Waals surface area contributed by atoms with Gasteiger partial charge in [0, 0.05) is 20.2 Å². The average Bonchev–Trinajstić information content (AvgIpc) is 2.17. The zero-order valence-corrected chi connectivity index (χ0v) is 9.52. The van der Waals surface area contributed by atoms with Crippen LogP contribution in [0.15, 0.2) is 0 Å². The van der Waals surface area contributed by atoms with Crippen LogP contribution in [0.4, 0.5) is 0 Å². The lowest BCUT2D eigenvalue weighted by molar-refractivity contribution is -0.142. The lowest BCUT2D eigenvalue weighted by atomic mass is 10.2. The summed E-state index contributed by atoms with van der Waals surface area (Å²) in [6.45, 7) is 4.65. The predicted molar refractivity (Wildman–Crippen MR) is 55.5 cm³/mol. The van der Waals surface area contributed by atoms with Crippen molar-refractivity contribution in [3.8, 4) is 0 Å². The molecule has 0 radical (unpaired) electrons. The molecule has 5 nitrogen and oxygen atoms in total. The molecule has 0 aromatic carbocycles. The molecule has 88 valence electrons. The van der Waals surface area contributed by atoms with Crippen LogP contribution in [0.3, 0.4) is 0 Å². The van der Waals surface area contributed by atoms with Crippen molar-refractivity contribution < 1.29 is 19.4 Å². The molecule has 0 saturated carbocycles. The van der Waals surface area contributed by atoms with Crippen molar-refractivity contribution in [1.29, 1.82) is 0 Å². The number of rotatable bonds is 7. The Kier molecular flexibility index (Phi) is 6.70. The van der Waals surface area contributed by atoms with Gasteiger partial charge in [-0.15, -0.1) is 0 Å². The van der Waals surface area contributed by atoms with Crippen molar-refractivity contribution in [2.75, 3.05) is 26.8 Å². The number of hydrogen-bond donors (Lipinski definition) is 1. The van der Waals surface area contributed by atoms with E-state index in [1.807, 2.05) is 6.92 Å². The molecule has 1 N–H and O–H groups in total. The fraction of sp³-hybridized carbons (Fsp3) is 0.800. The molecule has 0 aromatic heterocycles. The van der Waals surface area contributed by atoms with Gasteiger partial charge in [-0.3, -0.25) is 9.59 Å². The summed E-state index contributed by atoms with van der Waals surface area (Å²) in [5.41, 5.74) is 0. The number of carboxylic acid groups (broad SMARTS) is 1. The molecule has 15 heavy (non-hydrogen) atoms. The van der Waals surface area contributed by atoms with Crippen LogP contribution in [-0.4, -0.2) is 48.7 Å². The molecule has 5 heteroatoms. The molecule has 0 saturated heterocycles. The molecule has 0 heterocycles. The maximum absolute atomic E-state index is 11.4. The normalized spacial score (nSPS) is 12.2. The van der Waals surface area contributed by atoms with Crippen LogP contribution in [0.25, 0.3) is 0 Å². The van der Waals surface area contributed by atoms with E-state index in [4.69, 9.17) is 9.84 Å². The number of aliphatic carboxylic acids is 1. The van der Waals surface area contributed by atoms with Gasteiger partial charge in [-0.05, 0) is 6.92 Å². The first-order valence-corrected chi connectivity index (χ1v) is 5.03. The molecule has 0 aliphatic heterocycles. The number of carboxylic acids is 1. The Balaban J connectivity index is 3.83. The highest BCUT2D eigenvalue weighted by molar-refractivity contribution is 5.77. The quantitative estimate of drug-likeness (QED) is 0.634. The summed E-state index contributed by atoms with van der Waals surface area (Å²) in [7, 11) is 1.60. The van der Waals surface area contributed by atoms with Gasteiger partial charge in [0.25, 0.3) is 0 Å². The molecule has 0 aliphatic rings. The summed E-state index contributed by atoms with van der Waals surface area (Å²) in [5.74, 6) is -1.51. The van der Waals surface area contributed by atoms with E-state index in [1.54, 1.807) is 14.0 Å². The van der Waals surface area contributed by atoms with E-state index in [0.29, 0.717) is 19.6 Å². The minimum absolute atomic E-state index is 0.0865. The highest BCUT2D eigenvalue weighted by Gasteiger charge is 2.16. The lowest BCUT2D eigenvalue weighted by Gasteiger charge is -2.19. The maximum atomic E-state index is 11.4. The molecule has 0 fully saturated rings. The van der Waals surface area contributed by atoms with Crippen molar-refractivity contribution in [2.24, 2.45) is 5.92 Å². The fourth-order valence-corrected chi connectivity index (χ4v) is 1.09. The van der Waals surface area contributed by atoms with Crippen molar-refractivity contribution in [2.45, 2.75) is 20.3 Å². The Morgan fingerprint density at radius 2 is 2.07 bits per heavy atom. The van der Waals surface area contributed by atoms with Crippen LogP contribution in [0.2, 0.25) is 0 Å². The molecule has 1 amide bonds. The summed E-state index contributed by atoms with van der Waals surface area (Å²) in [6.07, 6.45) is 0.302. The highest BCUT2D eigenvalue weighted by Crippen LogP contribution is 2.00. The molecule has 0 aromatic rings. The Morgan fingerprint density at radius 3 is 2.53 bits per heavy atom. The zero-order chi connectivity index (χ0) is 11.8. The molecule has 0 rings (SSSR count). The summed E-state index contributed by atoms with van der Waals surface area (Å²) in [6, 6.07) is 0. The fourth-order valence-electron chi connectivity index (χ4n) is 1.09. The topological polar surface area (TPSA) is 66.8 Å². The number of hydrogen-bond acceptors (Lipinski definition) is 3. The second kappa shape index (κ2) is 7.23. The van der Waals surface area contributed by atoms with Gasteiger partial charge in [0.2, 0.25) is 5.91 Å². The van der Waals surface area contributed by atoms with Crippen LogP contribution in [0.1, 0.15) is 20.3 Å². The number of nitrogens with zero attached hydrogens (tertiary/aromatic N) is 1. The Hall–Kier alpha value is -1.10. The molecule has 1 unspecified atom stereocenters. The summed E-state index contributed by atoms with van der Waals surface area (Å²) in [5, 5.41) is 8.66. The van der Waals surface area contributed by atoms with Crippen LogP contribution >= 0.6 is 0 Å². The molecule has 0 bridgehead atoms. The van der Waals surface area contributed by atoms with Crippen LogP contribution in [0, 0.1) is 5.92 Å². The highest BCUT2D eigenvalue weighted by atomic mass is 16.5. The van der Waals surface area contributed by atoms with Gasteiger partial charge in [0.15, 0.2) is 0 Å². The molecular formula is C10H19NO4. The van der Waals surface area contributed by atoms with Crippen LogP contribution < -0.4 is 0 Å². The van der Waals surface area contributed by atoms with Crippen molar-refractivity contribution in [3.05, 3.63) is 0 Å². The lowest BCUT2D eigenvalue weighted by Crippen LogP contribution is -2.34. The molecule has 1 atom stereocenters. The third kappa shape index (κ3) is 6.06. The minimum atomic E-state index is -0.889. The third-order valence-corrected chi connectivity index (χ3v) is 2.06. The number of carbonyl (C=O) groups excluding carboxylic acids is 1. The third-order valence-electron chi connectivity index (χ3n) is 2.06. The molecule has 0 aliphatic carbocycles. The Morgan fingerprint density at radius 1 is 1.47 bits per heavy atom. The summed E-state index contributed by atoms with van der Waals surface area (Å²) in [4.78, 5) is 23.4. The first-order chi connectivity index (χ1) is 6.99. The van der Waals surface area contributed by atoms with E-state index in [9.17, 15) is 9.59 Å². The largest absolute Gasteiger partial charge is 0.481 e. The number of ether oxygens (including phenoxy) is 1. The minimum Gasteiger partial charge on any atom is -0.481 e. The van der Waals surface area contributed by atoms with Gasteiger partial charge in [0.05, 0.1) is 18.9 Å². The van der Waals surface area contributed by atoms with Gasteiger partial charge >= 0.3 is 5.97 Å². The van der Waals surface area contributed by atoms with Gasteiger partial charge in [-0.2, -0.15) is 0 Å². The van der Waals surface area contributed by atoms with Gasteiger partial charge < -0.3 is 14.7 Å². The van der Waals surface area contributed by atoms with Crippen LogP contribution in [0.5, 0.6) is 0 Å². The van der Waals surface area contributed by atoms with E-state index < -0.39 is 11.9 Å². The van der Waals surface area contributed by atoms with Crippen molar-refractivity contribution >= 4 is 11.9 Å². The SMILES string of the molecule is CCOCCC(=O)N(C)CC(C)C(=O)O. The first-order valence-electron chi connectivity index (χ1n) is 5.03. The van der Waals surface area contributed by atoms with E-state index >= 15 is 0 Å². The zero-order valence-electron chi connectivity index (χ0n) is 9.52. The van der Waals surface area contributed by atoms with Gasteiger partial charge in [-0.25, -0.2) is 0 Å². The first kappa shape index (κ1) is 13.9. The number of carbonyl (C=O) groups is 2. The van der Waals surface area contributed by atoms with Crippen molar-refractivity contribution in [3.63, 3.8) is 0 Å². The second-order valence-electron chi connectivity index (χ2n) is 3.46. The standard InChI is InChI=1S/C10H19NO4/c1-4-15-6-5-9(12)11(3)7-8(2)10(13)14/h8H,4-7H2,1-3H3,(H,13,14). The molecule has 0 spiro atoms. The van der Waals surface area contributed by atoms with Gasteiger partial charge in [-0.1, -0.05) is 6.92 Å². The summed E-state index contributed by atoms with van der Waals surface area (Å²) >= 11 is 0. The van der Waals surface area contributed by atoms with E-state index in [2.05, 4.69) is 0 Å². The monoisotopic (exact) mass is 217 g/mol. The van der Waals surface area contributed by atoms with Crippen molar-refractivity contribution in [1.82, 2.24) is 4.90 Å². The Bertz CT molecular complexity index is 217. The van der Waals surface area contributed by atoms with E-state index in [-0.39, 0.29) is 12.5 Å². The van der Waals surface area contributed by atoms with Gasteiger partial charge in [0.1, 0.15) is 0 Å². The van der Waals surface area contributed by atoms with E-state index in [1.165, 1.54) is 4.90 Å². The number of amides is 1. The van der Waals surface area contributed by atoms with Crippen LogP contribution in [-0.2, 0) is 14.3 Å². The maximum Gasteiger partial charge on any atom is 0.308 e. The Labute approximate surface area is 90.0 Å². The average molecular weight is 217 g/mol. The predicted octanol–water partition coefficient (Wildman–Crippen LogP) is 0.592. The smallest absolute Gasteiger partial charge is 0.308 e. The molecular weight excluding hydrogens is 198 g/mol. The summed E-state index contributed by atoms with van der Waals surface area (Å²) < 4.78 is 5.04.